The van der Waals surface area contributed by atoms with Crippen LogP contribution in [-0.4, -0.2) is 68.7 Å². The lowest BCUT2D eigenvalue weighted by atomic mass is 10.1. The van der Waals surface area contributed by atoms with Crippen molar-refractivity contribution in [1.29, 1.82) is 0 Å². The summed E-state index contributed by atoms with van der Waals surface area (Å²) in [4.78, 5) is 11.2. The Labute approximate surface area is 200 Å². The molecule has 8 nitrogen and oxygen atoms in total. The summed E-state index contributed by atoms with van der Waals surface area (Å²) in [6, 6.07) is 18.7. The van der Waals surface area contributed by atoms with E-state index >= 15 is 0 Å². The molecule has 0 unspecified atom stereocenters. The molecule has 3 N–H and O–H groups in total. The number of hydrogen-bond acceptors (Lipinski definition) is 7. The number of aromatic nitrogens is 2. The molecule has 0 saturated carbocycles. The average Bonchev–Trinajstić information content (AvgIpc) is 3.46. The molecule has 0 aliphatic carbocycles. The predicted molar refractivity (Wildman–Crippen MR) is 131 cm³/mol. The molecule has 4 atom stereocenters. The van der Waals surface area contributed by atoms with Gasteiger partial charge in [0.05, 0.1) is 25.5 Å². The van der Waals surface area contributed by atoms with E-state index in [1.165, 1.54) is 11.3 Å². The van der Waals surface area contributed by atoms with Crippen molar-refractivity contribution in [3.8, 4) is 17.0 Å². The Hall–Kier alpha value is -3.20. The van der Waals surface area contributed by atoms with E-state index in [9.17, 15) is 0 Å². The standard InChI is InChI=1S/C26H31N5O3/c1-31(2)19-8-4-17(5-9-19)14-28-22-15-33-25-23(16-34-24(22)25)30-26-27-13-12-21(29-26)18-6-10-20(32-3)11-7-18/h4-13,22-25,28H,14-16H2,1-3H3,(H,27,29,30)/p+1/t22-,23-,24+,25+/m0/s1. The number of anilines is 2. The van der Waals surface area contributed by atoms with Crippen molar-refractivity contribution in [2.45, 2.75) is 30.8 Å². The Morgan fingerprint density at radius 1 is 1.00 bits per heavy atom. The van der Waals surface area contributed by atoms with Gasteiger partial charge >= 0.3 is 0 Å². The maximum absolute atomic E-state index is 6.16. The molecule has 3 heterocycles. The van der Waals surface area contributed by atoms with Crippen LogP contribution in [-0.2, 0) is 16.0 Å². The molecule has 1 aromatic heterocycles. The quantitative estimate of drug-likeness (QED) is 0.529. The summed E-state index contributed by atoms with van der Waals surface area (Å²) in [5, 5.41) is 5.77. The zero-order chi connectivity index (χ0) is 23.5. The van der Waals surface area contributed by atoms with E-state index in [4.69, 9.17) is 19.2 Å². The van der Waals surface area contributed by atoms with Gasteiger partial charge in [-0.25, -0.2) is 9.97 Å². The molecular weight excluding hydrogens is 430 g/mol. The number of fused-ring (bicyclic) bond motifs is 1. The van der Waals surface area contributed by atoms with E-state index in [1.54, 1.807) is 13.3 Å². The van der Waals surface area contributed by atoms with Crippen molar-refractivity contribution in [1.82, 2.24) is 9.97 Å². The van der Waals surface area contributed by atoms with E-state index < -0.39 is 0 Å². The summed E-state index contributed by atoms with van der Waals surface area (Å²) in [7, 11) is 5.77. The average molecular weight is 463 g/mol. The third-order valence-corrected chi connectivity index (χ3v) is 6.56. The van der Waals surface area contributed by atoms with Gasteiger partial charge in [-0.3, -0.25) is 0 Å². The molecule has 178 valence electrons. The van der Waals surface area contributed by atoms with E-state index in [2.05, 4.69) is 58.9 Å². The van der Waals surface area contributed by atoms with Crippen LogP contribution in [0.3, 0.4) is 0 Å². The highest BCUT2D eigenvalue weighted by atomic mass is 16.6. The second-order valence-corrected chi connectivity index (χ2v) is 9.01. The Kier molecular flexibility index (Phi) is 6.62. The molecule has 0 radical (unpaired) electrons. The van der Waals surface area contributed by atoms with Gasteiger partial charge in [-0.05, 0) is 42.5 Å². The number of hydrogen-bond donors (Lipinski definition) is 2. The number of nitrogens with zero attached hydrogens (tertiary/aromatic N) is 3. The molecule has 2 fully saturated rings. The van der Waals surface area contributed by atoms with Gasteiger partial charge in [0, 0.05) is 37.1 Å². The van der Waals surface area contributed by atoms with Crippen LogP contribution in [0.15, 0.2) is 60.8 Å². The molecule has 2 saturated heterocycles. The van der Waals surface area contributed by atoms with Crippen molar-refractivity contribution in [2.75, 3.05) is 44.6 Å². The van der Waals surface area contributed by atoms with E-state index in [0.29, 0.717) is 19.2 Å². The van der Waals surface area contributed by atoms with E-state index in [0.717, 1.165) is 23.6 Å². The zero-order valence-corrected chi connectivity index (χ0v) is 19.8. The van der Waals surface area contributed by atoms with Crippen LogP contribution < -0.4 is 20.3 Å². The monoisotopic (exact) mass is 462 g/mol. The van der Waals surface area contributed by atoms with Crippen LogP contribution >= 0.6 is 0 Å². The number of methoxy groups -OCH3 is 1. The van der Waals surface area contributed by atoms with Crippen molar-refractivity contribution < 1.29 is 19.5 Å². The summed E-state index contributed by atoms with van der Waals surface area (Å²) >= 11 is 0. The van der Waals surface area contributed by atoms with Gasteiger partial charge in [-0.15, -0.1) is 0 Å². The number of ether oxygens (including phenoxy) is 3. The molecule has 2 aliphatic heterocycles. The number of rotatable bonds is 8. The second kappa shape index (κ2) is 9.97. The summed E-state index contributed by atoms with van der Waals surface area (Å²) in [6.07, 6.45) is 1.82. The van der Waals surface area contributed by atoms with Crippen LogP contribution in [0.2, 0.25) is 0 Å². The van der Waals surface area contributed by atoms with Gasteiger partial charge in [-0.2, -0.15) is 0 Å². The number of nitrogens with two attached hydrogens (primary N) is 1. The van der Waals surface area contributed by atoms with E-state index in [-0.39, 0.29) is 24.3 Å². The Morgan fingerprint density at radius 3 is 2.50 bits per heavy atom. The van der Waals surface area contributed by atoms with Crippen molar-refractivity contribution in [3.63, 3.8) is 0 Å². The molecule has 5 rings (SSSR count). The smallest absolute Gasteiger partial charge is 0.223 e. The van der Waals surface area contributed by atoms with Crippen LogP contribution in [0, 0.1) is 0 Å². The lowest BCUT2D eigenvalue weighted by molar-refractivity contribution is -0.707. The Bertz CT molecular complexity index is 1090. The van der Waals surface area contributed by atoms with Crippen LogP contribution in [0.5, 0.6) is 5.75 Å². The van der Waals surface area contributed by atoms with Crippen LogP contribution in [0.25, 0.3) is 11.3 Å². The third kappa shape index (κ3) is 4.84. The molecule has 8 heteroatoms. The van der Waals surface area contributed by atoms with Crippen LogP contribution in [0.4, 0.5) is 11.6 Å². The predicted octanol–water partition coefficient (Wildman–Crippen LogP) is 1.93. The zero-order valence-electron chi connectivity index (χ0n) is 19.8. The number of nitrogens with one attached hydrogen (secondary N) is 1. The van der Waals surface area contributed by atoms with Gasteiger partial charge < -0.3 is 29.7 Å². The summed E-state index contributed by atoms with van der Waals surface area (Å²) in [5.74, 6) is 1.40. The first-order valence-electron chi connectivity index (χ1n) is 11.7. The van der Waals surface area contributed by atoms with E-state index in [1.807, 2.05) is 30.3 Å². The number of quaternary nitrogens is 1. The summed E-state index contributed by atoms with van der Waals surface area (Å²) in [5.41, 5.74) is 4.37. The molecule has 2 aliphatic rings. The maximum Gasteiger partial charge on any atom is 0.223 e. The second-order valence-electron chi connectivity index (χ2n) is 9.01. The third-order valence-electron chi connectivity index (χ3n) is 6.56. The SMILES string of the molecule is COc1ccc(-c2ccnc(N[C@H]3CO[C@H]4[C@@H]3OC[C@@H]4[NH2+]Cc3ccc(N(C)C)cc3)n2)cc1. The first-order chi connectivity index (χ1) is 16.6. The van der Waals surface area contributed by atoms with Gasteiger partial charge in [-0.1, -0.05) is 12.1 Å². The van der Waals surface area contributed by atoms with Gasteiger partial charge in [0.1, 0.15) is 37.2 Å². The Morgan fingerprint density at radius 2 is 1.76 bits per heavy atom. The summed E-state index contributed by atoms with van der Waals surface area (Å²) < 4.78 is 17.6. The lowest BCUT2D eigenvalue weighted by Gasteiger charge is -2.17. The highest BCUT2D eigenvalue weighted by Crippen LogP contribution is 2.28. The fourth-order valence-corrected chi connectivity index (χ4v) is 4.59. The maximum atomic E-state index is 6.16. The van der Waals surface area contributed by atoms with Crippen molar-refractivity contribution in [3.05, 3.63) is 66.4 Å². The minimum Gasteiger partial charge on any atom is -0.497 e. The van der Waals surface area contributed by atoms with Gasteiger partial charge in [0.25, 0.3) is 0 Å². The molecule has 0 bridgehead atoms. The molecule has 2 aromatic carbocycles. The first kappa shape index (κ1) is 22.6. The fraction of sp³-hybridized carbons (Fsp3) is 0.385. The fourth-order valence-electron chi connectivity index (χ4n) is 4.59. The highest BCUT2D eigenvalue weighted by Gasteiger charge is 2.49. The molecule has 0 spiro atoms. The van der Waals surface area contributed by atoms with Gasteiger partial charge in [0.2, 0.25) is 5.95 Å². The Balaban J connectivity index is 1.18. The lowest BCUT2D eigenvalue weighted by Crippen LogP contribution is -2.91. The highest BCUT2D eigenvalue weighted by molar-refractivity contribution is 5.61. The number of benzene rings is 2. The minimum absolute atomic E-state index is 0.00869. The van der Waals surface area contributed by atoms with Crippen molar-refractivity contribution >= 4 is 11.6 Å². The normalized spacial score (nSPS) is 23.5. The molecule has 0 amide bonds. The van der Waals surface area contributed by atoms with Crippen LogP contribution in [0.1, 0.15) is 5.56 Å². The molecular formula is C26H32N5O3+. The molecule has 3 aromatic rings. The topological polar surface area (TPSA) is 85.3 Å². The van der Waals surface area contributed by atoms with Crippen molar-refractivity contribution in [2.24, 2.45) is 0 Å². The molecule has 34 heavy (non-hydrogen) atoms. The summed E-state index contributed by atoms with van der Waals surface area (Å²) in [6.45, 7) is 2.16. The van der Waals surface area contributed by atoms with Gasteiger partial charge in [0.15, 0.2) is 0 Å². The first-order valence-corrected chi connectivity index (χ1v) is 11.7. The largest absolute Gasteiger partial charge is 0.497 e. The minimum atomic E-state index is -0.00869.